The number of rotatable bonds is 8. The number of fused-ring (bicyclic) bond motifs is 2. The Bertz CT molecular complexity index is 2110. The second kappa shape index (κ2) is 15.3. The van der Waals surface area contributed by atoms with Gasteiger partial charge in [0.15, 0.2) is 23.5 Å². The van der Waals surface area contributed by atoms with E-state index in [1.807, 2.05) is 6.08 Å². The van der Waals surface area contributed by atoms with Gasteiger partial charge in [0.2, 0.25) is 0 Å². The molecule has 4 aromatic rings. The Kier molecular flexibility index (Phi) is 11.0. The molecule has 1 aliphatic heterocycles. The first-order valence-electron chi connectivity index (χ1n) is 14.5. The summed E-state index contributed by atoms with van der Waals surface area (Å²) in [6.07, 6.45) is 4.90. The monoisotopic (exact) mass is 700 g/mol. The molecule has 262 valence electrons. The Labute approximate surface area is 287 Å². The van der Waals surface area contributed by atoms with Crippen LogP contribution < -0.4 is 9.47 Å². The van der Waals surface area contributed by atoms with E-state index in [4.69, 9.17) is 24.4 Å². The van der Waals surface area contributed by atoms with Crippen molar-refractivity contribution >= 4 is 42.3 Å². The van der Waals surface area contributed by atoms with Gasteiger partial charge in [-0.2, -0.15) is 0 Å². The van der Waals surface area contributed by atoms with E-state index >= 15 is 0 Å². The Morgan fingerprint density at radius 1 is 0.765 bits per heavy atom. The first-order chi connectivity index (χ1) is 24.1. The molecule has 0 aliphatic carbocycles. The van der Waals surface area contributed by atoms with Gasteiger partial charge in [-0.25, -0.2) is 19.2 Å². The van der Waals surface area contributed by atoms with Gasteiger partial charge in [-0.15, -0.1) is 0 Å². The molecule has 0 amide bonds. The Hall–Kier alpha value is -7.29. The van der Waals surface area contributed by atoms with E-state index in [1.54, 1.807) is 42.5 Å². The number of aromatic carboxylic acids is 1. The maximum absolute atomic E-state index is 12.9. The third kappa shape index (κ3) is 8.42. The molecule has 5 rings (SSSR count). The van der Waals surface area contributed by atoms with Crippen molar-refractivity contribution in [3.63, 3.8) is 0 Å². The van der Waals surface area contributed by atoms with Crippen molar-refractivity contribution in [2.45, 2.75) is 20.5 Å². The minimum absolute atomic E-state index is 0.0235. The predicted molar refractivity (Wildman–Crippen MR) is 176 cm³/mol. The molecule has 0 radical (unpaired) electrons. The molecule has 1 aliphatic rings. The van der Waals surface area contributed by atoms with Crippen molar-refractivity contribution in [2.24, 2.45) is 0 Å². The smallest absolute Gasteiger partial charge is 0.347 e. The number of carbonyl (C=O) groups excluding carboxylic acids is 3. The van der Waals surface area contributed by atoms with Crippen LogP contribution in [0.25, 0.3) is 12.2 Å². The van der Waals surface area contributed by atoms with E-state index in [2.05, 4.69) is 0 Å². The molecule has 7 N–H and O–H groups in total. The lowest BCUT2D eigenvalue weighted by Gasteiger charge is -2.18. The van der Waals surface area contributed by atoms with Gasteiger partial charge in [0.25, 0.3) is 0 Å². The average Bonchev–Trinajstić information content (AvgIpc) is 3.20. The third-order valence-electron chi connectivity index (χ3n) is 7.16. The lowest BCUT2D eigenvalue weighted by molar-refractivity contribution is -0.139. The van der Waals surface area contributed by atoms with Crippen LogP contribution in [0, 0.1) is 13.8 Å². The number of carboxylic acid groups (broad SMARTS) is 2. The molecule has 0 unspecified atom stereocenters. The molecule has 51 heavy (non-hydrogen) atoms. The van der Waals surface area contributed by atoms with Crippen molar-refractivity contribution < 1.29 is 73.9 Å². The van der Waals surface area contributed by atoms with Gasteiger partial charge in [-0.05, 0) is 60.9 Å². The normalized spacial score (nSPS) is 11.7. The number of esters is 2. The fourth-order valence-electron chi connectivity index (χ4n) is 4.81. The molecule has 0 saturated carbocycles. The van der Waals surface area contributed by atoms with Crippen LogP contribution >= 0.6 is 0 Å². The molecule has 1 heterocycles. The summed E-state index contributed by atoms with van der Waals surface area (Å²) < 4.78 is 15.9. The molecule has 0 atom stereocenters. The Balaban J connectivity index is 0.000000286. The van der Waals surface area contributed by atoms with Gasteiger partial charge in [-0.1, -0.05) is 24.3 Å². The summed E-state index contributed by atoms with van der Waals surface area (Å²) in [5.74, 6) is -7.64. The summed E-state index contributed by atoms with van der Waals surface area (Å²) in [5.41, 5.74) is -0.176. The second-order valence-electron chi connectivity index (χ2n) is 10.7. The van der Waals surface area contributed by atoms with Gasteiger partial charge in [0.1, 0.15) is 46.5 Å². The highest BCUT2D eigenvalue weighted by molar-refractivity contribution is 6.03. The van der Waals surface area contributed by atoms with Crippen molar-refractivity contribution in [1.82, 2.24) is 0 Å². The molecule has 15 heteroatoms. The van der Waals surface area contributed by atoms with Crippen LogP contribution in [0.1, 0.15) is 58.9 Å². The van der Waals surface area contributed by atoms with Gasteiger partial charge in [-0.3, -0.25) is 4.79 Å². The number of carboxylic acids is 2. The Morgan fingerprint density at radius 3 is 1.98 bits per heavy atom. The van der Waals surface area contributed by atoms with Crippen LogP contribution in [0.4, 0.5) is 0 Å². The van der Waals surface area contributed by atoms with E-state index in [-0.39, 0.29) is 46.0 Å². The molecule has 0 saturated heterocycles. The maximum Gasteiger partial charge on any atom is 0.347 e. The zero-order chi connectivity index (χ0) is 37.6. The minimum Gasteiger partial charge on any atom is -0.508 e. The standard InChI is InChI=1S/C22H16O12.C14H12O3/c1-8-5-12(24)10(6-23)19-15(8)22(31)34-20-11(7-32-14(27)4-3-13(25)26)17(28)16(21(29)30)9(2)18(20)33-19;15-12-5-3-10(4-6-12)1-2-11-7-13(16)9-14(17)8-11/h3-6,24,28H,7H2,1-2H3,(H,25,26)(H,29,30);1-9,15-17H. The summed E-state index contributed by atoms with van der Waals surface area (Å²) in [7, 11) is 0. The number of hydrogen-bond acceptors (Lipinski definition) is 13. The molecular formula is C36H28O15. The number of phenolic OH excluding ortho intramolecular Hbond substituents is 4. The highest BCUT2D eigenvalue weighted by Gasteiger charge is 2.35. The van der Waals surface area contributed by atoms with E-state index in [0.29, 0.717) is 17.7 Å². The number of aldehydes is 1. The number of ether oxygens (including phenoxy) is 3. The first-order valence-corrected chi connectivity index (χ1v) is 14.5. The first kappa shape index (κ1) is 36.5. The van der Waals surface area contributed by atoms with E-state index in [0.717, 1.165) is 11.6 Å². The van der Waals surface area contributed by atoms with Crippen LogP contribution in [0.5, 0.6) is 46.0 Å². The summed E-state index contributed by atoms with van der Waals surface area (Å²) in [6, 6.07) is 12.3. The maximum atomic E-state index is 12.9. The average molecular weight is 701 g/mol. The number of carbonyl (C=O) groups is 5. The fraction of sp³-hybridized carbons (Fsp3) is 0.0833. The topological polar surface area (TPSA) is 255 Å². The quantitative estimate of drug-likeness (QED) is 0.0409. The highest BCUT2D eigenvalue weighted by Crippen LogP contribution is 2.50. The molecule has 0 bridgehead atoms. The number of aromatic hydroxyl groups is 5. The molecule has 15 nitrogen and oxygen atoms in total. The van der Waals surface area contributed by atoms with Gasteiger partial charge in [0.05, 0.1) is 11.1 Å². The van der Waals surface area contributed by atoms with Crippen LogP contribution in [0.3, 0.4) is 0 Å². The molecule has 0 aromatic heterocycles. The summed E-state index contributed by atoms with van der Waals surface area (Å²) in [4.78, 5) is 58.6. The minimum atomic E-state index is -1.60. The zero-order valence-electron chi connectivity index (χ0n) is 26.6. The zero-order valence-corrected chi connectivity index (χ0v) is 26.6. The number of aliphatic carboxylic acids is 1. The van der Waals surface area contributed by atoms with Crippen LogP contribution in [0.15, 0.2) is 60.7 Å². The highest BCUT2D eigenvalue weighted by atomic mass is 16.6. The number of aryl methyl sites for hydroxylation is 1. The molecule has 0 fully saturated rings. The van der Waals surface area contributed by atoms with Crippen LogP contribution in [-0.4, -0.2) is 65.9 Å². The van der Waals surface area contributed by atoms with Crippen LogP contribution in [0.2, 0.25) is 0 Å². The third-order valence-corrected chi connectivity index (χ3v) is 7.16. The molecular weight excluding hydrogens is 672 g/mol. The number of benzene rings is 4. The second-order valence-corrected chi connectivity index (χ2v) is 10.7. The number of phenols is 5. The summed E-state index contributed by atoms with van der Waals surface area (Å²) >= 11 is 0. The van der Waals surface area contributed by atoms with Crippen LogP contribution in [-0.2, 0) is 20.9 Å². The van der Waals surface area contributed by atoms with Crippen molar-refractivity contribution in [3.05, 3.63) is 105 Å². The fourth-order valence-corrected chi connectivity index (χ4v) is 4.81. The van der Waals surface area contributed by atoms with Gasteiger partial charge >= 0.3 is 23.9 Å². The summed E-state index contributed by atoms with van der Waals surface area (Å²) in [5, 5.41) is 66.6. The van der Waals surface area contributed by atoms with Gasteiger partial charge < -0.3 is 50.0 Å². The summed E-state index contributed by atoms with van der Waals surface area (Å²) in [6.45, 7) is 1.83. The predicted octanol–water partition coefficient (Wildman–Crippen LogP) is 5.21. The number of hydrogen-bond donors (Lipinski definition) is 7. The molecule has 4 aromatic carbocycles. The Morgan fingerprint density at radius 2 is 1.39 bits per heavy atom. The SMILES string of the molecule is Cc1cc(O)c(C=O)c2c1C(=O)Oc1c(COC(=O)C=CC(=O)O)c(O)c(C(=O)O)c(C)c1O2.Oc1ccc(C=Cc2cc(O)cc(O)c2)cc1. The van der Waals surface area contributed by atoms with E-state index in [9.17, 15) is 49.5 Å². The lowest BCUT2D eigenvalue weighted by Crippen LogP contribution is -2.13. The van der Waals surface area contributed by atoms with Gasteiger partial charge in [0, 0.05) is 23.8 Å². The van der Waals surface area contributed by atoms with Crippen molar-refractivity contribution in [2.75, 3.05) is 0 Å². The lowest BCUT2D eigenvalue weighted by atomic mass is 10.0. The van der Waals surface area contributed by atoms with Crippen molar-refractivity contribution in [1.29, 1.82) is 0 Å². The largest absolute Gasteiger partial charge is 0.508 e. The van der Waals surface area contributed by atoms with Crippen molar-refractivity contribution in [3.8, 4) is 46.0 Å². The molecule has 0 spiro atoms. The van der Waals surface area contributed by atoms with E-state index in [1.165, 1.54) is 19.9 Å². The van der Waals surface area contributed by atoms with E-state index < -0.39 is 70.2 Å².